The van der Waals surface area contributed by atoms with E-state index < -0.39 is 0 Å². The number of carbonyl (C=O) groups is 2. The number of ketones is 1. The van der Waals surface area contributed by atoms with Crippen molar-refractivity contribution >= 4 is 45.1 Å². The minimum absolute atomic E-state index is 0.153. The van der Waals surface area contributed by atoms with Crippen molar-refractivity contribution in [3.8, 4) is 0 Å². The number of hydrogen-bond donors (Lipinski definition) is 1. The second kappa shape index (κ2) is 8.97. The molecule has 0 aliphatic heterocycles. The van der Waals surface area contributed by atoms with Crippen LogP contribution in [0.1, 0.15) is 15.9 Å². The Hall–Kier alpha value is -2.44. The summed E-state index contributed by atoms with van der Waals surface area (Å²) in [4.78, 5) is 25.9. The smallest absolute Gasteiger partial charge is 0.234 e. The maximum Gasteiger partial charge on any atom is 0.234 e. The third kappa shape index (κ3) is 5.28. The summed E-state index contributed by atoms with van der Waals surface area (Å²) in [7, 11) is 0. The standard InChI is InChI=1S/C21H15BrFNO2S/c22-15-6-11-19(18(12-15)21(26)14-4-2-1-3-5-14)24-20(25)13-27-17-9-7-16(23)8-10-17/h1-12H,13H2,(H,24,25). The molecule has 3 rings (SSSR count). The van der Waals surface area contributed by atoms with Crippen LogP contribution in [-0.2, 0) is 4.79 Å². The van der Waals surface area contributed by atoms with Gasteiger partial charge in [-0.2, -0.15) is 0 Å². The predicted molar refractivity (Wildman–Crippen MR) is 110 cm³/mol. The summed E-state index contributed by atoms with van der Waals surface area (Å²) in [6.45, 7) is 0. The van der Waals surface area contributed by atoms with Gasteiger partial charge >= 0.3 is 0 Å². The van der Waals surface area contributed by atoms with Crippen LogP contribution in [0.15, 0.2) is 82.2 Å². The fourth-order valence-corrected chi connectivity index (χ4v) is 3.48. The molecule has 1 N–H and O–H groups in total. The number of rotatable bonds is 6. The molecule has 3 aromatic carbocycles. The molecule has 6 heteroatoms. The highest BCUT2D eigenvalue weighted by Gasteiger charge is 2.16. The molecule has 0 saturated heterocycles. The van der Waals surface area contributed by atoms with Crippen molar-refractivity contribution in [2.45, 2.75) is 4.90 Å². The van der Waals surface area contributed by atoms with E-state index in [1.165, 1.54) is 23.9 Å². The number of anilines is 1. The van der Waals surface area contributed by atoms with E-state index in [9.17, 15) is 14.0 Å². The molecule has 3 nitrogen and oxygen atoms in total. The van der Waals surface area contributed by atoms with Crippen molar-refractivity contribution in [2.75, 3.05) is 11.1 Å². The summed E-state index contributed by atoms with van der Waals surface area (Å²) in [5, 5.41) is 2.79. The van der Waals surface area contributed by atoms with Gasteiger partial charge in [-0.25, -0.2) is 4.39 Å². The molecule has 0 bridgehead atoms. The van der Waals surface area contributed by atoms with Gasteiger partial charge in [-0.1, -0.05) is 46.3 Å². The second-order valence-electron chi connectivity index (χ2n) is 5.68. The molecule has 136 valence electrons. The van der Waals surface area contributed by atoms with Gasteiger partial charge in [0, 0.05) is 20.5 Å². The molecule has 0 radical (unpaired) electrons. The molecular weight excluding hydrogens is 429 g/mol. The Labute approximate surface area is 169 Å². The zero-order valence-electron chi connectivity index (χ0n) is 14.1. The Morgan fingerprint density at radius 1 is 0.963 bits per heavy atom. The van der Waals surface area contributed by atoms with Crippen molar-refractivity contribution in [1.29, 1.82) is 0 Å². The monoisotopic (exact) mass is 443 g/mol. The van der Waals surface area contributed by atoms with Crippen molar-refractivity contribution in [2.24, 2.45) is 0 Å². The topological polar surface area (TPSA) is 46.2 Å². The zero-order chi connectivity index (χ0) is 19.2. The summed E-state index contributed by atoms with van der Waals surface area (Å²) in [5.74, 6) is -0.574. The molecule has 0 atom stereocenters. The van der Waals surface area contributed by atoms with E-state index in [-0.39, 0.29) is 23.3 Å². The van der Waals surface area contributed by atoms with Crippen LogP contribution in [0.4, 0.5) is 10.1 Å². The number of halogens is 2. The van der Waals surface area contributed by atoms with Crippen LogP contribution in [0, 0.1) is 5.82 Å². The third-order valence-corrected chi connectivity index (χ3v) is 5.23. The Morgan fingerprint density at radius 3 is 2.37 bits per heavy atom. The number of benzene rings is 3. The zero-order valence-corrected chi connectivity index (χ0v) is 16.5. The lowest BCUT2D eigenvalue weighted by Gasteiger charge is -2.11. The van der Waals surface area contributed by atoms with E-state index >= 15 is 0 Å². The molecular formula is C21H15BrFNO2S. The van der Waals surface area contributed by atoms with Gasteiger partial charge in [-0.05, 0) is 42.5 Å². The van der Waals surface area contributed by atoms with E-state index in [0.717, 1.165) is 9.37 Å². The fraction of sp³-hybridized carbons (Fsp3) is 0.0476. The number of amides is 1. The SMILES string of the molecule is O=C(CSc1ccc(F)cc1)Nc1ccc(Br)cc1C(=O)c1ccccc1. The van der Waals surface area contributed by atoms with Crippen LogP contribution in [0.2, 0.25) is 0 Å². The van der Waals surface area contributed by atoms with E-state index in [4.69, 9.17) is 0 Å². The molecule has 0 aromatic heterocycles. The van der Waals surface area contributed by atoms with Gasteiger partial charge in [0.05, 0.1) is 11.4 Å². The lowest BCUT2D eigenvalue weighted by Crippen LogP contribution is -2.17. The molecule has 27 heavy (non-hydrogen) atoms. The first-order chi connectivity index (χ1) is 13.0. The predicted octanol–water partition coefficient (Wildman–Crippen LogP) is 5.55. The first-order valence-electron chi connectivity index (χ1n) is 8.10. The van der Waals surface area contributed by atoms with E-state index in [0.29, 0.717) is 16.8 Å². The van der Waals surface area contributed by atoms with Gasteiger partial charge in [0.2, 0.25) is 5.91 Å². The summed E-state index contributed by atoms with van der Waals surface area (Å²) >= 11 is 4.67. The Bertz CT molecular complexity index is 962. The van der Waals surface area contributed by atoms with Gasteiger partial charge in [-0.3, -0.25) is 9.59 Å². The average molecular weight is 444 g/mol. The van der Waals surface area contributed by atoms with E-state index in [2.05, 4.69) is 21.2 Å². The van der Waals surface area contributed by atoms with Gasteiger partial charge in [0.15, 0.2) is 5.78 Å². The molecule has 0 aliphatic rings. The van der Waals surface area contributed by atoms with E-state index in [1.807, 2.05) is 6.07 Å². The van der Waals surface area contributed by atoms with Gasteiger partial charge in [0.25, 0.3) is 0 Å². The van der Waals surface area contributed by atoms with Crippen LogP contribution in [0.3, 0.4) is 0 Å². The summed E-state index contributed by atoms with van der Waals surface area (Å²) in [6.07, 6.45) is 0. The first-order valence-corrected chi connectivity index (χ1v) is 9.88. The van der Waals surface area contributed by atoms with E-state index in [1.54, 1.807) is 54.6 Å². The van der Waals surface area contributed by atoms with Crippen LogP contribution in [0.25, 0.3) is 0 Å². The molecule has 0 unspecified atom stereocenters. The maximum atomic E-state index is 12.9. The molecule has 1 amide bonds. The number of hydrogen-bond acceptors (Lipinski definition) is 3. The van der Waals surface area contributed by atoms with Crippen molar-refractivity contribution in [1.82, 2.24) is 0 Å². The Kier molecular flexibility index (Phi) is 6.42. The molecule has 0 heterocycles. The Balaban J connectivity index is 1.73. The normalized spacial score (nSPS) is 10.4. The highest BCUT2D eigenvalue weighted by atomic mass is 79.9. The van der Waals surface area contributed by atoms with Crippen LogP contribution >= 0.6 is 27.7 Å². The summed E-state index contributed by atoms with van der Waals surface area (Å²) < 4.78 is 13.7. The van der Waals surface area contributed by atoms with Crippen LogP contribution in [0.5, 0.6) is 0 Å². The summed E-state index contributed by atoms with van der Waals surface area (Å²) in [6, 6.07) is 20.0. The highest BCUT2D eigenvalue weighted by molar-refractivity contribution is 9.10. The van der Waals surface area contributed by atoms with Crippen LogP contribution in [-0.4, -0.2) is 17.4 Å². The van der Waals surface area contributed by atoms with Crippen molar-refractivity contribution in [3.05, 3.63) is 94.2 Å². The van der Waals surface area contributed by atoms with Crippen molar-refractivity contribution in [3.63, 3.8) is 0 Å². The molecule has 0 spiro atoms. The minimum atomic E-state index is -0.317. The number of thioether (sulfide) groups is 1. The fourth-order valence-electron chi connectivity index (χ4n) is 2.42. The van der Waals surface area contributed by atoms with Gasteiger partial charge < -0.3 is 5.32 Å². The minimum Gasteiger partial charge on any atom is -0.325 e. The quantitative estimate of drug-likeness (QED) is 0.401. The lowest BCUT2D eigenvalue weighted by molar-refractivity contribution is -0.113. The maximum absolute atomic E-state index is 12.9. The third-order valence-electron chi connectivity index (χ3n) is 3.72. The van der Waals surface area contributed by atoms with Crippen LogP contribution < -0.4 is 5.32 Å². The lowest BCUT2D eigenvalue weighted by atomic mass is 10.0. The number of carbonyl (C=O) groups excluding carboxylic acids is 2. The largest absolute Gasteiger partial charge is 0.325 e. The summed E-state index contributed by atoms with van der Waals surface area (Å²) in [5.41, 5.74) is 1.42. The Morgan fingerprint density at radius 2 is 1.67 bits per heavy atom. The second-order valence-corrected chi connectivity index (χ2v) is 7.64. The van der Waals surface area contributed by atoms with Gasteiger partial charge in [0.1, 0.15) is 5.82 Å². The number of nitrogens with one attached hydrogen (secondary N) is 1. The van der Waals surface area contributed by atoms with Gasteiger partial charge in [-0.15, -0.1) is 11.8 Å². The first kappa shape index (κ1) is 19.3. The molecule has 3 aromatic rings. The van der Waals surface area contributed by atoms with Crippen molar-refractivity contribution < 1.29 is 14.0 Å². The molecule has 0 fully saturated rings. The highest BCUT2D eigenvalue weighted by Crippen LogP contribution is 2.25. The molecule has 0 saturated carbocycles. The molecule has 0 aliphatic carbocycles. The average Bonchev–Trinajstić information content (AvgIpc) is 2.69.